The van der Waals surface area contributed by atoms with Crippen molar-refractivity contribution in [3.63, 3.8) is 0 Å². The highest BCUT2D eigenvalue weighted by atomic mass is 35.5. The maximum Gasteiger partial charge on any atom is 0.510 e. The van der Waals surface area contributed by atoms with Crippen LogP contribution in [0.5, 0.6) is 0 Å². The topological polar surface area (TPSA) is 54.4 Å². The van der Waals surface area contributed by atoms with E-state index in [9.17, 15) is 9.18 Å². The van der Waals surface area contributed by atoms with E-state index >= 15 is 0 Å². The molecule has 1 saturated carbocycles. The third-order valence-electron chi connectivity index (χ3n) is 7.98. The third kappa shape index (κ3) is 6.32. The largest absolute Gasteiger partial charge is 0.510 e. The number of ether oxygens (including phenoxy) is 2. The van der Waals surface area contributed by atoms with E-state index in [1.165, 1.54) is 13.2 Å². The van der Waals surface area contributed by atoms with E-state index in [0.717, 1.165) is 49.8 Å². The Labute approximate surface area is 230 Å². The summed E-state index contributed by atoms with van der Waals surface area (Å²) in [6.07, 6.45) is 6.43. The van der Waals surface area contributed by atoms with Crippen LogP contribution in [-0.2, 0) is 15.9 Å². The van der Waals surface area contributed by atoms with Crippen molar-refractivity contribution in [1.82, 2.24) is 9.80 Å². The van der Waals surface area contributed by atoms with Gasteiger partial charge in [-0.15, -0.1) is 0 Å². The van der Waals surface area contributed by atoms with Gasteiger partial charge < -0.3 is 19.3 Å². The minimum Gasteiger partial charge on any atom is -0.438 e. The number of aliphatic imine (C=N–C) groups is 1. The Morgan fingerprint density at radius 3 is 2.50 bits per heavy atom. The molecule has 0 bridgehead atoms. The zero-order valence-electron chi connectivity index (χ0n) is 22.8. The van der Waals surface area contributed by atoms with Gasteiger partial charge in [0.05, 0.1) is 19.5 Å². The van der Waals surface area contributed by atoms with Crippen molar-refractivity contribution in [1.29, 1.82) is 0 Å². The molecule has 1 aliphatic carbocycles. The predicted octanol–water partition coefficient (Wildman–Crippen LogP) is 6.73. The van der Waals surface area contributed by atoms with Crippen molar-refractivity contribution in [2.45, 2.75) is 63.3 Å². The summed E-state index contributed by atoms with van der Waals surface area (Å²) < 4.78 is 25.0. The van der Waals surface area contributed by atoms with Crippen LogP contribution in [0.3, 0.4) is 0 Å². The van der Waals surface area contributed by atoms with Gasteiger partial charge in [0, 0.05) is 24.0 Å². The van der Waals surface area contributed by atoms with Gasteiger partial charge in [-0.25, -0.2) is 14.2 Å². The number of methoxy groups -OCH3 is 1. The number of halogens is 2. The number of nitrogens with zero attached hydrogens (tertiary/aromatic N) is 3. The van der Waals surface area contributed by atoms with Crippen LogP contribution in [0.25, 0.3) is 0 Å². The first-order valence-corrected chi connectivity index (χ1v) is 13.9. The second kappa shape index (κ2) is 12.5. The standard InChI is InChI=1S/C30H39ClFN3O3/c1-5-17-35-20-33-30(38-29(36)37-4,19-21-9-15-25(31)16-10-21)28(35)23-13-11-22(12-14-23)27(34(2)3)24-7-6-8-26(32)18-24/h6-10,15-16,18,20,22-23,27-28H,5,11-14,17,19H2,1-4H3. The van der Waals surface area contributed by atoms with Gasteiger partial charge in [-0.05, 0) is 93.4 Å². The molecule has 8 heteroatoms. The molecule has 2 aromatic carbocycles. The number of hydrogen-bond acceptors (Lipinski definition) is 6. The molecule has 0 saturated heterocycles. The predicted molar refractivity (Wildman–Crippen MR) is 149 cm³/mol. The molecule has 1 aliphatic heterocycles. The van der Waals surface area contributed by atoms with E-state index in [4.69, 9.17) is 26.1 Å². The Kier molecular flexibility index (Phi) is 9.32. The van der Waals surface area contributed by atoms with Crippen molar-refractivity contribution in [2.24, 2.45) is 16.8 Å². The Morgan fingerprint density at radius 2 is 1.89 bits per heavy atom. The summed E-state index contributed by atoms with van der Waals surface area (Å²) in [5, 5.41) is 0.655. The zero-order valence-corrected chi connectivity index (χ0v) is 23.5. The van der Waals surface area contributed by atoms with Crippen molar-refractivity contribution in [3.8, 4) is 0 Å². The molecular weight excluding hydrogens is 505 g/mol. The molecule has 6 nitrogen and oxygen atoms in total. The second-order valence-corrected chi connectivity index (χ2v) is 11.2. The van der Waals surface area contributed by atoms with Gasteiger partial charge in [-0.1, -0.05) is 42.8 Å². The number of rotatable bonds is 9. The lowest BCUT2D eigenvalue weighted by Gasteiger charge is -2.45. The molecule has 0 spiro atoms. The molecule has 3 atom stereocenters. The Bertz CT molecular complexity index is 1100. The first kappa shape index (κ1) is 28.4. The summed E-state index contributed by atoms with van der Waals surface area (Å²) in [6, 6.07) is 14.6. The summed E-state index contributed by atoms with van der Waals surface area (Å²) >= 11 is 6.13. The fourth-order valence-corrected chi connectivity index (χ4v) is 6.61. The Hall–Kier alpha value is -2.64. The molecule has 0 amide bonds. The minimum absolute atomic E-state index is 0.106. The third-order valence-corrected chi connectivity index (χ3v) is 8.23. The average molecular weight is 544 g/mol. The van der Waals surface area contributed by atoms with E-state index in [0.29, 0.717) is 17.4 Å². The fraction of sp³-hybridized carbons (Fsp3) is 0.533. The van der Waals surface area contributed by atoms with E-state index in [2.05, 4.69) is 30.8 Å². The van der Waals surface area contributed by atoms with Crippen LogP contribution < -0.4 is 0 Å². The molecule has 2 aliphatic rings. The van der Waals surface area contributed by atoms with Crippen LogP contribution in [0.2, 0.25) is 5.02 Å². The molecule has 0 radical (unpaired) electrons. The van der Waals surface area contributed by atoms with Crippen LogP contribution in [-0.4, -0.2) is 61.8 Å². The summed E-state index contributed by atoms with van der Waals surface area (Å²) in [4.78, 5) is 21.8. The molecule has 0 N–H and O–H groups in total. The molecule has 0 aromatic heterocycles. The average Bonchev–Trinajstić information content (AvgIpc) is 3.23. The van der Waals surface area contributed by atoms with Gasteiger partial charge in [-0.3, -0.25) is 0 Å². The summed E-state index contributed by atoms with van der Waals surface area (Å²) in [6.45, 7) is 2.97. The van der Waals surface area contributed by atoms with E-state index in [1.807, 2.05) is 36.7 Å². The summed E-state index contributed by atoms with van der Waals surface area (Å²) in [5.74, 6) is 0.470. The molecule has 1 fully saturated rings. The van der Waals surface area contributed by atoms with Crippen LogP contribution in [0.1, 0.15) is 56.2 Å². The molecule has 4 rings (SSSR count). The van der Waals surface area contributed by atoms with Gasteiger partial charge in [0.15, 0.2) is 0 Å². The van der Waals surface area contributed by atoms with Crippen molar-refractivity contribution >= 4 is 24.1 Å². The van der Waals surface area contributed by atoms with E-state index in [1.54, 1.807) is 12.1 Å². The lowest BCUT2D eigenvalue weighted by atomic mass is 9.71. The molecule has 38 heavy (non-hydrogen) atoms. The van der Waals surface area contributed by atoms with Crippen LogP contribution >= 0.6 is 11.6 Å². The SMILES string of the molecule is CCCN1C=NC(Cc2ccc(Cl)cc2)(OC(=O)OC)C1C1CCC(C(c2cccc(F)c2)N(C)C)CC1. The van der Waals surface area contributed by atoms with Gasteiger partial charge >= 0.3 is 6.16 Å². The number of hydrogen-bond donors (Lipinski definition) is 0. The van der Waals surface area contributed by atoms with E-state index < -0.39 is 11.9 Å². The van der Waals surface area contributed by atoms with Crippen molar-refractivity contribution < 1.29 is 18.7 Å². The number of carbonyl (C=O) groups is 1. The highest BCUT2D eigenvalue weighted by molar-refractivity contribution is 6.30. The number of benzene rings is 2. The maximum absolute atomic E-state index is 14.1. The van der Waals surface area contributed by atoms with E-state index in [-0.39, 0.29) is 23.8 Å². The van der Waals surface area contributed by atoms with Crippen molar-refractivity contribution in [2.75, 3.05) is 27.7 Å². The quantitative estimate of drug-likeness (QED) is 0.328. The van der Waals surface area contributed by atoms with Crippen LogP contribution in [0.15, 0.2) is 53.5 Å². The molecule has 2 aromatic rings. The first-order valence-electron chi connectivity index (χ1n) is 13.5. The Morgan fingerprint density at radius 1 is 1.18 bits per heavy atom. The molecule has 206 valence electrons. The maximum atomic E-state index is 14.1. The fourth-order valence-electron chi connectivity index (χ4n) is 6.49. The smallest absolute Gasteiger partial charge is 0.438 e. The monoisotopic (exact) mass is 543 g/mol. The minimum atomic E-state index is -1.09. The highest BCUT2D eigenvalue weighted by Crippen LogP contribution is 2.46. The summed E-state index contributed by atoms with van der Waals surface area (Å²) in [5.41, 5.74) is 0.921. The molecular formula is C30H39ClFN3O3. The normalized spacial score (nSPS) is 26.0. The summed E-state index contributed by atoms with van der Waals surface area (Å²) in [7, 11) is 5.46. The number of carbonyl (C=O) groups excluding carboxylic acids is 1. The van der Waals surface area contributed by atoms with Crippen molar-refractivity contribution in [3.05, 3.63) is 70.5 Å². The highest BCUT2D eigenvalue weighted by Gasteiger charge is 2.53. The van der Waals surface area contributed by atoms with Gasteiger partial charge in [0.25, 0.3) is 0 Å². The van der Waals surface area contributed by atoms with Gasteiger partial charge in [0.1, 0.15) is 5.82 Å². The lowest BCUT2D eigenvalue weighted by Crippen LogP contribution is -2.55. The molecule has 1 heterocycles. The lowest BCUT2D eigenvalue weighted by molar-refractivity contribution is -0.0712. The van der Waals surface area contributed by atoms with Gasteiger partial charge in [-0.2, -0.15) is 0 Å². The van der Waals surface area contributed by atoms with Crippen LogP contribution in [0, 0.1) is 17.7 Å². The Balaban J connectivity index is 1.59. The first-order chi connectivity index (χ1) is 18.3. The van der Waals surface area contributed by atoms with Crippen LogP contribution in [0.4, 0.5) is 9.18 Å². The zero-order chi connectivity index (χ0) is 27.3. The molecule has 3 unspecified atom stereocenters. The second-order valence-electron chi connectivity index (χ2n) is 10.8. The van der Waals surface area contributed by atoms with Gasteiger partial charge in [0.2, 0.25) is 5.72 Å².